The van der Waals surface area contributed by atoms with Crippen LogP contribution in [0.5, 0.6) is 0 Å². The van der Waals surface area contributed by atoms with Gasteiger partial charge in [-0.3, -0.25) is 4.79 Å². The minimum Gasteiger partial charge on any atom is -0.398 e. The molecule has 5 heteroatoms. The summed E-state index contributed by atoms with van der Waals surface area (Å²) in [5, 5.41) is 2.90. The fourth-order valence-corrected chi connectivity index (χ4v) is 1.79. The van der Waals surface area contributed by atoms with Gasteiger partial charge in [0.1, 0.15) is 5.82 Å². The molecular formula is C14H22FN3O. The summed E-state index contributed by atoms with van der Waals surface area (Å²) in [5.41, 5.74) is 6.17. The van der Waals surface area contributed by atoms with Crippen LogP contribution in [0, 0.1) is 11.7 Å². The van der Waals surface area contributed by atoms with Crippen molar-refractivity contribution in [3.63, 3.8) is 0 Å². The van der Waals surface area contributed by atoms with Crippen molar-refractivity contribution in [2.24, 2.45) is 5.92 Å². The molecule has 0 bridgehead atoms. The van der Waals surface area contributed by atoms with Crippen molar-refractivity contribution in [1.29, 1.82) is 0 Å². The number of anilines is 1. The van der Waals surface area contributed by atoms with Gasteiger partial charge in [0, 0.05) is 18.3 Å². The van der Waals surface area contributed by atoms with Crippen molar-refractivity contribution >= 4 is 11.6 Å². The van der Waals surface area contributed by atoms with Gasteiger partial charge in [0.05, 0.1) is 5.56 Å². The molecular weight excluding hydrogens is 245 g/mol. The van der Waals surface area contributed by atoms with Crippen LogP contribution in [-0.4, -0.2) is 37.5 Å². The normalized spacial score (nSPS) is 12.8. The van der Waals surface area contributed by atoms with E-state index in [0.29, 0.717) is 0 Å². The van der Waals surface area contributed by atoms with E-state index in [-0.39, 0.29) is 29.1 Å². The lowest BCUT2D eigenvalue weighted by atomic mass is 10.0. The van der Waals surface area contributed by atoms with Crippen LogP contribution in [0.15, 0.2) is 18.2 Å². The number of likely N-dealkylation sites (N-methyl/N-ethyl adjacent to an activating group) is 1. The van der Waals surface area contributed by atoms with Crippen molar-refractivity contribution in [3.8, 4) is 0 Å². The molecule has 0 fully saturated rings. The number of carbonyl (C=O) groups excluding carboxylic acids is 1. The Morgan fingerprint density at radius 1 is 1.42 bits per heavy atom. The number of rotatable bonds is 5. The molecule has 19 heavy (non-hydrogen) atoms. The van der Waals surface area contributed by atoms with Crippen molar-refractivity contribution < 1.29 is 9.18 Å². The van der Waals surface area contributed by atoms with Gasteiger partial charge in [0.15, 0.2) is 0 Å². The summed E-state index contributed by atoms with van der Waals surface area (Å²) < 4.78 is 13.2. The molecule has 106 valence electrons. The van der Waals surface area contributed by atoms with E-state index in [0.717, 1.165) is 12.6 Å². The van der Waals surface area contributed by atoms with Gasteiger partial charge in [0.25, 0.3) is 5.91 Å². The molecule has 0 aromatic heterocycles. The maximum Gasteiger partial charge on any atom is 0.253 e. The van der Waals surface area contributed by atoms with E-state index < -0.39 is 5.82 Å². The molecule has 1 amide bonds. The zero-order chi connectivity index (χ0) is 14.6. The molecule has 0 radical (unpaired) electrons. The first-order chi connectivity index (χ1) is 8.81. The van der Waals surface area contributed by atoms with Gasteiger partial charge in [-0.1, -0.05) is 13.8 Å². The third-order valence-electron chi connectivity index (χ3n) is 2.94. The lowest BCUT2D eigenvalue weighted by Crippen LogP contribution is -2.45. The summed E-state index contributed by atoms with van der Waals surface area (Å²) in [6.07, 6.45) is 0. The Labute approximate surface area is 113 Å². The molecule has 3 N–H and O–H groups in total. The molecule has 4 nitrogen and oxygen atoms in total. The van der Waals surface area contributed by atoms with Gasteiger partial charge in [-0.25, -0.2) is 4.39 Å². The van der Waals surface area contributed by atoms with E-state index >= 15 is 0 Å². The van der Waals surface area contributed by atoms with Crippen LogP contribution in [-0.2, 0) is 0 Å². The van der Waals surface area contributed by atoms with E-state index in [1.54, 1.807) is 0 Å². The topological polar surface area (TPSA) is 58.4 Å². The lowest BCUT2D eigenvalue weighted by Gasteiger charge is -2.25. The van der Waals surface area contributed by atoms with Gasteiger partial charge in [-0.2, -0.15) is 0 Å². The number of nitrogens with one attached hydrogen (secondary N) is 1. The number of halogens is 1. The highest BCUT2D eigenvalue weighted by atomic mass is 19.1. The summed E-state index contributed by atoms with van der Waals surface area (Å²) in [5.74, 6) is -0.522. The van der Waals surface area contributed by atoms with E-state index in [1.807, 2.05) is 32.8 Å². The number of benzene rings is 1. The Morgan fingerprint density at radius 2 is 2.05 bits per heavy atom. The molecule has 0 saturated carbocycles. The molecule has 1 rings (SSSR count). The highest BCUT2D eigenvalue weighted by Gasteiger charge is 2.19. The monoisotopic (exact) mass is 267 g/mol. The van der Waals surface area contributed by atoms with Crippen molar-refractivity contribution in [1.82, 2.24) is 10.2 Å². The molecule has 1 unspecified atom stereocenters. The maximum absolute atomic E-state index is 13.2. The van der Waals surface area contributed by atoms with Gasteiger partial charge < -0.3 is 16.0 Å². The molecule has 1 aromatic carbocycles. The smallest absolute Gasteiger partial charge is 0.253 e. The average molecular weight is 267 g/mol. The number of nitrogens with zero attached hydrogens (tertiary/aromatic N) is 1. The number of amides is 1. The van der Waals surface area contributed by atoms with Gasteiger partial charge >= 0.3 is 0 Å². The third kappa shape index (κ3) is 4.52. The van der Waals surface area contributed by atoms with Crippen molar-refractivity contribution in [2.75, 3.05) is 26.4 Å². The Morgan fingerprint density at radius 3 is 2.58 bits per heavy atom. The molecule has 0 aliphatic rings. The van der Waals surface area contributed by atoms with Crippen LogP contribution in [0.4, 0.5) is 10.1 Å². The second kappa shape index (κ2) is 6.52. The fourth-order valence-electron chi connectivity index (χ4n) is 1.79. The van der Waals surface area contributed by atoms with E-state index in [1.165, 1.54) is 12.1 Å². The van der Waals surface area contributed by atoms with E-state index in [4.69, 9.17) is 5.73 Å². The highest BCUT2D eigenvalue weighted by molar-refractivity contribution is 5.99. The molecule has 1 atom stereocenters. The van der Waals surface area contributed by atoms with Crippen LogP contribution in [0.2, 0.25) is 0 Å². The SMILES string of the molecule is CC(C)C(CN(C)C)NC(=O)c1cc(F)ccc1N. The van der Waals surface area contributed by atoms with Gasteiger partial charge in [-0.15, -0.1) is 0 Å². The molecule has 0 aliphatic carbocycles. The standard InChI is InChI=1S/C14H22FN3O/c1-9(2)13(8-18(3)4)17-14(19)11-7-10(15)5-6-12(11)16/h5-7,9,13H,8,16H2,1-4H3,(H,17,19). The minimum absolute atomic E-state index is 0.00910. The van der Waals surface area contributed by atoms with Crippen LogP contribution in [0.1, 0.15) is 24.2 Å². The number of nitrogens with two attached hydrogens (primary N) is 1. The van der Waals surface area contributed by atoms with Crippen LogP contribution >= 0.6 is 0 Å². The predicted molar refractivity (Wildman–Crippen MR) is 75.5 cm³/mol. The average Bonchev–Trinajstić information content (AvgIpc) is 2.30. The van der Waals surface area contributed by atoms with Crippen molar-refractivity contribution in [2.45, 2.75) is 19.9 Å². The first-order valence-corrected chi connectivity index (χ1v) is 6.32. The summed E-state index contributed by atoms with van der Waals surface area (Å²) in [6, 6.07) is 3.80. The molecule has 0 saturated heterocycles. The zero-order valence-electron chi connectivity index (χ0n) is 11.9. The van der Waals surface area contributed by atoms with E-state index in [2.05, 4.69) is 5.32 Å². The second-order valence-electron chi connectivity index (χ2n) is 5.32. The highest BCUT2D eigenvalue weighted by Crippen LogP contribution is 2.14. The summed E-state index contributed by atoms with van der Waals surface area (Å²) in [4.78, 5) is 14.1. The van der Waals surface area contributed by atoms with Crippen LogP contribution in [0.25, 0.3) is 0 Å². The third-order valence-corrected chi connectivity index (χ3v) is 2.94. The minimum atomic E-state index is -0.465. The van der Waals surface area contributed by atoms with Crippen LogP contribution in [0.3, 0.4) is 0 Å². The van der Waals surface area contributed by atoms with Crippen LogP contribution < -0.4 is 11.1 Å². The fraction of sp³-hybridized carbons (Fsp3) is 0.500. The predicted octanol–water partition coefficient (Wildman–Crippen LogP) is 1.72. The largest absolute Gasteiger partial charge is 0.398 e. The first-order valence-electron chi connectivity index (χ1n) is 6.32. The lowest BCUT2D eigenvalue weighted by molar-refractivity contribution is 0.0917. The summed E-state index contributed by atoms with van der Waals surface area (Å²) >= 11 is 0. The Kier molecular flexibility index (Phi) is 5.30. The maximum atomic E-state index is 13.2. The molecule has 0 heterocycles. The number of carbonyl (C=O) groups is 1. The van der Waals surface area contributed by atoms with Gasteiger partial charge in [-0.05, 0) is 38.2 Å². The quantitative estimate of drug-likeness (QED) is 0.799. The number of nitrogen functional groups attached to an aromatic ring is 1. The molecule has 0 spiro atoms. The Hall–Kier alpha value is -1.62. The molecule has 0 aliphatic heterocycles. The Bertz CT molecular complexity index is 446. The molecule has 1 aromatic rings. The van der Waals surface area contributed by atoms with Gasteiger partial charge in [0.2, 0.25) is 0 Å². The Balaban J connectivity index is 2.84. The summed E-state index contributed by atoms with van der Waals surface area (Å²) in [7, 11) is 3.89. The number of hydrogen-bond acceptors (Lipinski definition) is 3. The van der Waals surface area contributed by atoms with Crippen molar-refractivity contribution in [3.05, 3.63) is 29.6 Å². The summed E-state index contributed by atoms with van der Waals surface area (Å²) in [6.45, 7) is 4.78. The first kappa shape index (κ1) is 15.4. The second-order valence-corrected chi connectivity index (χ2v) is 5.32. The zero-order valence-corrected chi connectivity index (χ0v) is 11.9. The van der Waals surface area contributed by atoms with E-state index in [9.17, 15) is 9.18 Å². The number of hydrogen-bond donors (Lipinski definition) is 2.